The highest BCUT2D eigenvalue weighted by molar-refractivity contribution is 5.70. The van der Waals surface area contributed by atoms with Crippen LogP contribution in [-0.2, 0) is 11.2 Å². The molecule has 0 unspecified atom stereocenters. The number of carbonyl (C=O) groups is 1. The Morgan fingerprint density at radius 2 is 1.80 bits per heavy atom. The van der Waals surface area contributed by atoms with Crippen molar-refractivity contribution in [2.75, 3.05) is 11.9 Å². The summed E-state index contributed by atoms with van der Waals surface area (Å²) in [5.41, 5.74) is 1.85. The molecule has 0 aliphatic carbocycles. The lowest BCUT2D eigenvalue weighted by molar-refractivity contribution is -0.136. The Labute approximate surface area is 121 Å². The molecule has 0 saturated heterocycles. The normalized spacial score (nSPS) is 9.65. The van der Waals surface area contributed by atoms with Gasteiger partial charge in [-0.3, -0.25) is 4.79 Å². The summed E-state index contributed by atoms with van der Waals surface area (Å²) in [5, 5.41) is 12.0. The van der Waals surface area contributed by atoms with Crippen LogP contribution in [0.25, 0.3) is 0 Å². The molecular formula is C17H23NO2. The molecule has 3 heteroatoms. The number of rotatable bonds is 8. The summed E-state index contributed by atoms with van der Waals surface area (Å²) in [6.07, 6.45) is 5.43. The number of hydrogen-bond donors (Lipinski definition) is 2. The zero-order chi connectivity index (χ0) is 14.6. The molecule has 0 atom stereocenters. The first kappa shape index (κ1) is 16.1. The summed E-state index contributed by atoms with van der Waals surface area (Å²) >= 11 is 0. The van der Waals surface area contributed by atoms with Crippen molar-refractivity contribution < 1.29 is 9.90 Å². The van der Waals surface area contributed by atoms with Crippen LogP contribution >= 0.6 is 0 Å². The van der Waals surface area contributed by atoms with E-state index in [1.807, 2.05) is 24.3 Å². The maximum absolute atomic E-state index is 10.6. The zero-order valence-electron chi connectivity index (χ0n) is 12.1. The Morgan fingerprint density at radius 1 is 1.15 bits per heavy atom. The van der Waals surface area contributed by atoms with Crippen LogP contribution in [0.1, 0.15) is 44.6 Å². The quantitative estimate of drug-likeness (QED) is 0.561. The summed E-state index contributed by atoms with van der Waals surface area (Å²) in [5.74, 6) is 5.56. The molecule has 0 bridgehead atoms. The van der Waals surface area contributed by atoms with Crippen LogP contribution in [0.5, 0.6) is 0 Å². The van der Waals surface area contributed by atoms with E-state index in [4.69, 9.17) is 5.11 Å². The maximum atomic E-state index is 10.6. The Kier molecular flexibility index (Phi) is 7.98. The second kappa shape index (κ2) is 9.91. The van der Waals surface area contributed by atoms with E-state index >= 15 is 0 Å². The second-order valence-electron chi connectivity index (χ2n) is 4.75. The van der Waals surface area contributed by atoms with Crippen LogP contribution in [0.4, 0.5) is 5.69 Å². The van der Waals surface area contributed by atoms with Gasteiger partial charge in [0, 0.05) is 25.1 Å². The van der Waals surface area contributed by atoms with Crippen molar-refractivity contribution in [1.29, 1.82) is 0 Å². The van der Waals surface area contributed by atoms with E-state index in [1.165, 1.54) is 12.8 Å². The van der Waals surface area contributed by atoms with E-state index in [9.17, 15) is 4.79 Å². The molecule has 0 spiro atoms. The van der Waals surface area contributed by atoms with Crippen LogP contribution in [0.2, 0.25) is 0 Å². The first-order valence-electron chi connectivity index (χ1n) is 7.22. The van der Waals surface area contributed by atoms with Crippen molar-refractivity contribution in [3.05, 3.63) is 29.8 Å². The number of carboxylic acids is 1. The first-order chi connectivity index (χ1) is 9.72. The average molecular weight is 273 g/mol. The lowest BCUT2D eigenvalue weighted by Crippen LogP contribution is -2.02. The third kappa shape index (κ3) is 7.48. The fraction of sp³-hybridized carbons (Fsp3) is 0.471. The van der Waals surface area contributed by atoms with Gasteiger partial charge in [0.25, 0.3) is 0 Å². The van der Waals surface area contributed by atoms with Gasteiger partial charge in [-0.25, -0.2) is 0 Å². The number of unbranched alkanes of at least 4 members (excludes halogenated alkanes) is 3. The summed E-state index contributed by atoms with van der Waals surface area (Å²) in [4.78, 5) is 10.6. The lowest BCUT2D eigenvalue weighted by Gasteiger charge is -2.05. The van der Waals surface area contributed by atoms with Crippen molar-refractivity contribution in [1.82, 2.24) is 0 Å². The second-order valence-corrected chi connectivity index (χ2v) is 4.75. The molecular weight excluding hydrogens is 250 g/mol. The third-order valence-electron chi connectivity index (χ3n) is 2.90. The van der Waals surface area contributed by atoms with Gasteiger partial charge < -0.3 is 10.4 Å². The first-order valence-corrected chi connectivity index (χ1v) is 7.22. The molecule has 1 rings (SSSR count). The molecule has 0 aliphatic heterocycles. The summed E-state index contributed by atoms with van der Waals surface area (Å²) < 4.78 is 0. The number of carboxylic acid groups (broad SMARTS) is 1. The van der Waals surface area contributed by atoms with Crippen LogP contribution in [0.3, 0.4) is 0 Å². The molecule has 3 nitrogen and oxygen atoms in total. The largest absolute Gasteiger partial charge is 0.481 e. The van der Waals surface area contributed by atoms with Crippen molar-refractivity contribution in [3.63, 3.8) is 0 Å². The van der Waals surface area contributed by atoms with Gasteiger partial charge in [0.2, 0.25) is 0 Å². The molecule has 0 fully saturated rings. The maximum Gasteiger partial charge on any atom is 0.307 e. The summed E-state index contributed by atoms with van der Waals surface area (Å²) in [6.45, 7) is 3.06. The summed E-state index contributed by atoms with van der Waals surface area (Å²) in [7, 11) is 0. The molecule has 108 valence electrons. The molecule has 1 aromatic carbocycles. The fourth-order valence-electron chi connectivity index (χ4n) is 1.77. The molecule has 1 aromatic rings. The van der Waals surface area contributed by atoms with Gasteiger partial charge in [-0.1, -0.05) is 25.5 Å². The minimum atomic E-state index is -0.799. The number of nitrogens with one attached hydrogen (secondary N) is 1. The van der Waals surface area contributed by atoms with Crippen molar-refractivity contribution >= 4 is 11.7 Å². The van der Waals surface area contributed by atoms with Gasteiger partial charge in [-0.2, -0.15) is 0 Å². The SMILES string of the molecule is CCCCC#CCCCNc1ccc(CC(=O)O)cc1. The topological polar surface area (TPSA) is 49.3 Å². The highest BCUT2D eigenvalue weighted by atomic mass is 16.4. The predicted octanol–water partition coefficient (Wildman–Crippen LogP) is 3.70. The highest BCUT2D eigenvalue weighted by Crippen LogP contribution is 2.10. The van der Waals surface area contributed by atoms with Crippen molar-refractivity contribution in [3.8, 4) is 11.8 Å². The predicted molar refractivity (Wildman–Crippen MR) is 82.8 cm³/mol. The Balaban J connectivity index is 2.18. The van der Waals surface area contributed by atoms with E-state index in [0.29, 0.717) is 0 Å². The van der Waals surface area contributed by atoms with Gasteiger partial charge in [-0.05, 0) is 30.5 Å². The number of hydrogen-bond acceptors (Lipinski definition) is 2. The molecule has 0 aliphatic rings. The molecule has 0 aromatic heterocycles. The van der Waals surface area contributed by atoms with Gasteiger partial charge in [-0.15, -0.1) is 11.8 Å². The number of aliphatic carboxylic acids is 1. The van der Waals surface area contributed by atoms with E-state index in [-0.39, 0.29) is 6.42 Å². The summed E-state index contributed by atoms with van der Waals surface area (Å²) in [6, 6.07) is 7.54. The Hall–Kier alpha value is -1.95. The highest BCUT2D eigenvalue weighted by Gasteiger charge is 1.99. The monoisotopic (exact) mass is 273 g/mol. The Morgan fingerprint density at radius 3 is 2.40 bits per heavy atom. The minimum Gasteiger partial charge on any atom is -0.481 e. The lowest BCUT2D eigenvalue weighted by atomic mass is 10.1. The van der Waals surface area contributed by atoms with Gasteiger partial charge in [0.1, 0.15) is 0 Å². The molecule has 0 heterocycles. The number of benzene rings is 1. The van der Waals surface area contributed by atoms with Crippen molar-refractivity contribution in [2.45, 2.75) is 45.4 Å². The number of anilines is 1. The van der Waals surface area contributed by atoms with Crippen LogP contribution in [-0.4, -0.2) is 17.6 Å². The van der Waals surface area contributed by atoms with Crippen LogP contribution < -0.4 is 5.32 Å². The molecule has 0 amide bonds. The molecule has 0 saturated carbocycles. The van der Waals surface area contributed by atoms with Crippen LogP contribution in [0.15, 0.2) is 24.3 Å². The van der Waals surface area contributed by atoms with E-state index < -0.39 is 5.97 Å². The average Bonchev–Trinajstić information content (AvgIpc) is 2.43. The molecule has 20 heavy (non-hydrogen) atoms. The molecule has 2 N–H and O–H groups in total. The van der Waals surface area contributed by atoms with E-state index in [2.05, 4.69) is 24.1 Å². The van der Waals surface area contributed by atoms with Gasteiger partial charge in [0.05, 0.1) is 6.42 Å². The Bertz CT molecular complexity index is 454. The third-order valence-corrected chi connectivity index (χ3v) is 2.90. The van der Waals surface area contributed by atoms with Gasteiger partial charge in [0.15, 0.2) is 0 Å². The zero-order valence-corrected chi connectivity index (χ0v) is 12.1. The fourth-order valence-corrected chi connectivity index (χ4v) is 1.77. The minimum absolute atomic E-state index is 0.0770. The smallest absolute Gasteiger partial charge is 0.307 e. The van der Waals surface area contributed by atoms with Crippen LogP contribution in [0, 0.1) is 11.8 Å². The van der Waals surface area contributed by atoms with E-state index in [0.717, 1.165) is 37.1 Å². The standard InChI is InChI=1S/C17H23NO2/c1-2-3-4-5-6-7-8-13-18-16-11-9-15(10-12-16)14-17(19)20/h9-12,18H,2-4,7-8,13-14H2,1H3,(H,19,20). The van der Waals surface area contributed by atoms with E-state index in [1.54, 1.807) is 0 Å². The van der Waals surface area contributed by atoms with Gasteiger partial charge >= 0.3 is 5.97 Å². The molecule has 0 radical (unpaired) electrons. The van der Waals surface area contributed by atoms with Crippen molar-refractivity contribution in [2.24, 2.45) is 0 Å².